The Morgan fingerprint density at radius 2 is 1.90 bits per heavy atom. The first-order valence-corrected chi connectivity index (χ1v) is 14.7. The molecule has 1 amide bonds. The predicted molar refractivity (Wildman–Crippen MR) is 159 cm³/mol. The summed E-state index contributed by atoms with van der Waals surface area (Å²) in [5.74, 6) is 2.05. The maximum Gasteiger partial charge on any atom is 0.410 e. The van der Waals surface area contributed by atoms with E-state index in [-0.39, 0.29) is 17.7 Å². The molecule has 1 aromatic carbocycles. The van der Waals surface area contributed by atoms with Gasteiger partial charge in [0.15, 0.2) is 0 Å². The van der Waals surface area contributed by atoms with Crippen LogP contribution in [-0.4, -0.2) is 76.8 Å². The smallest absolute Gasteiger partial charge is 0.410 e. The van der Waals surface area contributed by atoms with E-state index in [1.807, 2.05) is 51.1 Å². The number of amides is 1. The Kier molecular flexibility index (Phi) is 8.37. The Balaban J connectivity index is 1.17. The molecule has 214 valence electrons. The molecule has 3 aromatic rings. The molecule has 40 heavy (non-hydrogen) atoms. The number of halogens is 1. The fourth-order valence-corrected chi connectivity index (χ4v) is 5.93. The normalized spacial score (nSPS) is 21.9. The first kappa shape index (κ1) is 28.4. The standard InChI is InChI=1S/C30H38BrN5O4/c1-30(2,3)40-29(38)35-14-12-20(16-35)19-39-24-10-8-21(9-11-24)22-15-23(18-34(4)17-22)32-27-26(31)28(37)36-13-6-5-7-25(36)33-27/h5-11,13,20,22-23,32H,12,14-19H2,1-4H3. The molecule has 3 unspecified atom stereocenters. The van der Waals surface area contributed by atoms with Crippen LogP contribution in [0.15, 0.2) is 57.9 Å². The van der Waals surface area contributed by atoms with Crippen LogP contribution in [0, 0.1) is 5.92 Å². The summed E-state index contributed by atoms with van der Waals surface area (Å²) in [4.78, 5) is 33.9. The number of hydrogen-bond donors (Lipinski definition) is 1. The van der Waals surface area contributed by atoms with Gasteiger partial charge in [-0.15, -0.1) is 0 Å². The van der Waals surface area contributed by atoms with Crippen LogP contribution < -0.4 is 15.6 Å². The zero-order chi connectivity index (χ0) is 28.4. The van der Waals surface area contributed by atoms with Crippen molar-refractivity contribution in [3.05, 3.63) is 69.1 Å². The van der Waals surface area contributed by atoms with Crippen molar-refractivity contribution in [3.8, 4) is 5.75 Å². The highest BCUT2D eigenvalue weighted by Gasteiger charge is 2.30. The van der Waals surface area contributed by atoms with Crippen LogP contribution in [0.1, 0.15) is 45.1 Å². The van der Waals surface area contributed by atoms with Crippen molar-refractivity contribution in [2.45, 2.75) is 51.2 Å². The number of carbonyl (C=O) groups excluding carboxylic acids is 1. The lowest BCUT2D eigenvalue weighted by Gasteiger charge is -2.36. The molecular weight excluding hydrogens is 574 g/mol. The summed E-state index contributed by atoms with van der Waals surface area (Å²) in [7, 11) is 2.12. The number of likely N-dealkylation sites (tertiary alicyclic amines) is 2. The molecule has 2 saturated heterocycles. The average molecular weight is 613 g/mol. The van der Waals surface area contributed by atoms with Crippen molar-refractivity contribution >= 4 is 33.5 Å². The first-order valence-electron chi connectivity index (χ1n) is 13.9. The summed E-state index contributed by atoms with van der Waals surface area (Å²) in [5, 5.41) is 3.52. The second kappa shape index (κ2) is 11.8. The highest BCUT2D eigenvalue weighted by Crippen LogP contribution is 2.30. The molecule has 0 saturated carbocycles. The number of benzene rings is 1. The Hall–Kier alpha value is -3.11. The summed E-state index contributed by atoms with van der Waals surface area (Å²) in [5.41, 5.74) is 1.26. The topological polar surface area (TPSA) is 88.4 Å². The van der Waals surface area contributed by atoms with Gasteiger partial charge in [-0.2, -0.15) is 0 Å². The molecular formula is C30H38BrN5O4. The molecule has 2 aliphatic heterocycles. The number of pyridine rings is 1. The Morgan fingerprint density at radius 3 is 2.65 bits per heavy atom. The molecule has 4 heterocycles. The van der Waals surface area contributed by atoms with E-state index >= 15 is 0 Å². The number of rotatable bonds is 6. The van der Waals surface area contributed by atoms with Gasteiger partial charge < -0.3 is 24.6 Å². The lowest BCUT2D eigenvalue weighted by Crippen LogP contribution is -2.43. The zero-order valence-corrected chi connectivity index (χ0v) is 25.2. The van der Waals surface area contributed by atoms with Crippen molar-refractivity contribution in [1.29, 1.82) is 0 Å². The predicted octanol–water partition coefficient (Wildman–Crippen LogP) is 4.99. The summed E-state index contributed by atoms with van der Waals surface area (Å²) < 4.78 is 13.6. The van der Waals surface area contributed by atoms with Gasteiger partial charge in [0.25, 0.3) is 5.56 Å². The van der Waals surface area contributed by atoms with Gasteiger partial charge in [-0.3, -0.25) is 9.20 Å². The van der Waals surface area contributed by atoms with Crippen LogP contribution in [-0.2, 0) is 4.74 Å². The molecule has 2 aliphatic rings. The third-order valence-corrected chi connectivity index (χ3v) is 8.14. The number of anilines is 1. The van der Waals surface area contributed by atoms with Gasteiger partial charge in [-0.1, -0.05) is 18.2 Å². The highest BCUT2D eigenvalue weighted by atomic mass is 79.9. The number of hydrogen-bond acceptors (Lipinski definition) is 7. The molecule has 3 atom stereocenters. The van der Waals surface area contributed by atoms with Crippen molar-refractivity contribution in [1.82, 2.24) is 19.2 Å². The lowest BCUT2D eigenvalue weighted by molar-refractivity contribution is 0.0285. The summed E-state index contributed by atoms with van der Waals surface area (Å²) >= 11 is 3.46. The number of fused-ring (bicyclic) bond motifs is 1. The van der Waals surface area contributed by atoms with Gasteiger partial charge in [0.2, 0.25) is 0 Å². The van der Waals surface area contributed by atoms with E-state index in [1.54, 1.807) is 15.5 Å². The fourth-order valence-electron chi connectivity index (χ4n) is 5.53. The fraction of sp³-hybridized carbons (Fsp3) is 0.500. The van der Waals surface area contributed by atoms with E-state index < -0.39 is 5.60 Å². The molecule has 0 bridgehead atoms. The number of aromatic nitrogens is 2. The van der Waals surface area contributed by atoms with Crippen molar-refractivity contribution < 1.29 is 14.3 Å². The number of carbonyl (C=O) groups is 1. The monoisotopic (exact) mass is 611 g/mol. The maximum atomic E-state index is 12.8. The van der Waals surface area contributed by atoms with Crippen molar-refractivity contribution in [3.63, 3.8) is 0 Å². The van der Waals surface area contributed by atoms with E-state index in [4.69, 9.17) is 9.47 Å². The van der Waals surface area contributed by atoms with Crippen molar-refractivity contribution in [2.24, 2.45) is 5.92 Å². The SMILES string of the molecule is CN1CC(Nc2nc3ccccn3c(=O)c2Br)CC(c2ccc(OCC3CCN(C(=O)OC(C)(C)C)C3)cc2)C1. The third kappa shape index (κ3) is 6.78. The summed E-state index contributed by atoms with van der Waals surface area (Å²) in [6.07, 6.45) is 3.31. The largest absolute Gasteiger partial charge is 0.493 e. The van der Waals surface area contributed by atoms with Crippen molar-refractivity contribution in [2.75, 3.05) is 45.2 Å². The zero-order valence-electron chi connectivity index (χ0n) is 23.6. The minimum atomic E-state index is -0.486. The molecule has 10 heteroatoms. The minimum absolute atomic E-state index is 0.125. The number of nitrogens with one attached hydrogen (secondary N) is 1. The van der Waals surface area contributed by atoms with Crippen LogP contribution in [0.4, 0.5) is 10.6 Å². The van der Waals surface area contributed by atoms with E-state index in [0.717, 1.165) is 31.7 Å². The maximum absolute atomic E-state index is 12.8. The van der Waals surface area contributed by atoms with Gasteiger partial charge in [-0.05, 0) is 92.3 Å². The average Bonchev–Trinajstić information content (AvgIpc) is 3.39. The molecule has 2 fully saturated rings. The molecule has 2 aromatic heterocycles. The minimum Gasteiger partial charge on any atom is -0.493 e. The quantitative estimate of drug-likeness (QED) is 0.420. The van der Waals surface area contributed by atoms with E-state index in [9.17, 15) is 9.59 Å². The lowest BCUT2D eigenvalue weighted by atomic mass is 9.88. The van der Waals surface area contributed by atoms with Gasteiger partial charge in [0, 0.05) is 44.3 Å². The number of piperidine rings is 1. The molecule has 5 rings (SSSR count). The van der Waals surface area contributed by atoms with Gasteiger partial charge in [0.05, 0.1) is 6.61 Å². The Labute approximate surface area is 243 Å². The van der Waals surface area contributed by atoms with E-state index in [2.05, 4.69) is 50.3 Å². The van der Waals surface area contributed by atoms with Crippen LogP contribution in [0.5, 0.6) is 5.75 Å². The molecule has 9 nitrogen and oxygen atoms in total. The van der Waals surface area contributed by atoms with Gasteiger partial charge in [0.1, 0.15) is 27.3 Å². The Bertz CT molecular complexity index is 1400. The second-order valence-corrected chi connectivity index (χ2v) is 12.8. The van der Waals surface area contributed by atoms with Crippen LogP contribution >= 0.6 is 15.9 Å². The summed E-state index contributed by atoms with van der Waals surface area (Å²) in [6.45, 7) is 9.41. The number of likely N-dealkylation sites (N-methyl/N-ethyl adjacent to an activating group) is 1. The molecule has 0 aliphatic carbocycles. The Morgan fingerprint density at radius 1 is 1.12 bits per heavy atom. The third-order valence-electron chi connectivity index (χ3n) is 7.43. The molecule has 0 spiro atoms. The van der Waals surface area contributed by atoms with E-state index in [1.165, 1.54) is 5.56 Å². The first-order chi connectivity index (χ1) is 19.1. The van der Waals surface area contributed by atoms with Crippen LogP contribution in [0.25, 0.3) is 5.65 Å². The number of ether oxygens (including phenoxy) is 2. The molecule has 1 N–H and O–H groups in total. The van der Waals surface area contributed by atoms with Gasteiger partial charge >= 0.3 is 6.09 Å². The van der Waals surface area contributed by atoms with Gasteiger partial charge in [-0.25, -0.2) is 9.78 Å². The highest BCUT2D eigenvalue weighted by molar-refractivity contribution is 9.10. The molecule has 0 radical (unpaired) electrons. The van der Waals surface area contributed by atoms with Crippen LogP contribution in [0.2, 0.25) is 0 Å². The second-order valence-electron chi connectivity index (χ2n) is 12.0. The summed E-state index contributed by atoms with van der Waals surface area (Å²) in [6, 6.07) is 14.0. The number of nitrogens with zero attached hydrogens (tertiary/aromatic N) is 4. The van der Waals surface area contributed by atoms with E-state index in [0.29, 0.717) is 47.5 Å². The van der Waals surface area contributed by atoms with Crippen LogP contribution in [0.3, 0.4) is 0 Å².